The lowest BCUT2D eigenvalue weighted by Gasteiger charge is -2.28. The molecule has 0 aromatic carbocycles. The largest absolute Gasteiger partial charge is 0.466 e. The number of carbonyl (C=O) groups is 1. The van der Waals surface area contributed by atoms with Crippen LogP contribution in [0.25, 0.3) is 0 Å². The molecule has 1 amide bonds. The molecule has 9 nitrogen and oxygen atoms in total. The van der Waals surface area contributed by atoms with Crippen LogP contribution < -0.4 is 11.1 Å². The number of ether oxygens (including phenoxy) is 2. The Hall–Kier alpha value is -2.30. The number of carbonyl (C=O) groups excluding carboxylic acids is 1. The van der Waals surface area contributed by atoms with Gasteiger partial charge in [-0.15, -0.1) is 11.8 Å². The molecule has 0 aromatic rings. The molecule has 2 aliphatic heterocycles. The Kier molecular flexibility index (Phi) is 7.05. The van der Waals surface area contributed by atoms with E-state index in [1.54, 1.807) is 13.0 Å². The first-order valence-corrected chi connectivity index (χ1v) is 9.38. The lowest BCUT2D eigenvalue weighted by atomic mass is 10.1. The number of rotatable bonds is 8. The molecule has 1 unspecified atom stereocenters. The van der Waals surface area contributed by atoms with Gasteiger partial charge in [0.2, 0.25) is 6.29 Å². The van der Waals surface area contributed by atoms with E-state index in [0.29, 0.717) is 28.7 Å². The number of nitrogens with one attached hydrogen (secondary N) is 1. The molecule has 3 atom stereocenters. The van der Waals surface area contributed by atoms with Crippen LogP contribution in [0.2, 0.25) is 0 Å². The van der Waals surface area contributed by atoms with Gasteiger partial charge in [-0.2, -0.15) is 0 Å². The summed E-state index contributed by atoms with van der Waals surface area (Å²) in [6.07, 6.45) is 4.30. The molecule has 10 heteroatoms. The molecule has 2 rings (SSSR count). The summed E-state index contributed by atoms with van der Waals surface area (Å²) in [6, 6.07) is -0.522. The molecule has 27 heavy (non-hydrogen) atoms. The highest BCUT2D eigenvalue weighted by Crippen LogP contribution is 2.27. The number of aliphatic hydroxyl groups is 1. The summed E-state index contributed by atoms with van der Waals surface area (Å²) in [5.41, 5.74) is 4.96. The maximum atomic E-state index is 12.8. The van der Waals surface area contributed by atoms with Crippen molar-refractivity contribution < 1.29 is 24.6 Å². The Labute approximate surface area is 161 Å². The molecule has 0 saturated heterocycles. The van der Waals surface area contributed by atoms with E-state index in [9.17, 15) is 9.90 Å². The second-order valence-corrected chi connectivity index (χ2v) is 7.00. The summed E-state index contributed by atoms with van der Waals surface area (Å²) in [5, 5.41) is 25.1. The molecule has 0 bridgehead atoms. The number of hydrogen-bond donors (Lipinski definition) is 4. The highest BCUT2D eigenvalue weighted by Gasteiger charge is 2.41. The second-order valence-electron chi connectivity index (χ2n) is 6.04. The molecule has 2 aliphatic rings. The van der Waals surface area contributed by atoms with Crippen molar-refractivity contribution in [3.8, 4) is 0 Å². The third kappa shape index (κ3) is 5.12. The predicted octanol–water partition coefficient (Wildman–Crippen LogP) is 1.20. The minimum absolute atomic E-state index is 0.215. The van der Waals surface area contributed by atoms with E-state index >= 15 is 0 Å². The zero-order valence-corrected chi connectivity index (χ0v) is 16.0. The number of hydrogen-bond acceptors (Lipinski definition) is 9. The van der Waals surface area contributed by atoms with Gasteiger partial charge in [0.1, 0.15) is 22.3 Å². The van der Waals surface area contributed by atoms with Crippen LogP contribution in [0.15, 0.2) is 46.7 Å². The number of aliphatic imine (C=N–C) groups is 1. The number of nitrogens with two attached hydrogens (primary N) is 1. The summed E-state index contributed by atoms with van der Waals surface area (Å²) in [7, 11) is 0. The number of aliphatic hydroxyl groups excluding tert-OH is 1. The summed E-state index contributed by atoms with van der Waals surface area (Å²) in [4.78, 5) is 17.0. The van der Waals surface area contributed by atoms with Gasteiger partial charge in [-0.3, -0.25) is 10.5 Å². The summed E-state index contributed by atoms with van der Waals surface area (Å²) in [6.45, 7) is 7.01. The van der Waals surface area contributed by atoms with E-state index in [1.807, 2.05) is 6.92 Å². The Morgan fingerprint density at radius 1 is 1.74 bits per heavy atom. The van der Waals surface area contributed by atoms with Gasteiger partial charge in [0.25, 0.3) is 5.91 Å². The van der Waals surface area contributed by atoms with Crippen LogP contribution in [0.3, 0.4) is 0 Å². The second kappa shape index (κ2) is 9.07. The highest BCUT2D eigenvalue weighted by molar-refractivity contribution is 8.16. The number of nitrogens with zero attached hydrogens (tertiary/aromatic N) is 2. The minimum atomic E-state index is -1.48. The van der Waals surface area contributed by atoms with E-state index in [2.05, 4.69) is 22.0 Å². The smallest absolute Gasteiger partial charge is 0.264 e. The average molecular weight is 396 g/mol. The Morgan fingerprint density at radius 3 is 3.11 bits per heavy atom. The molecule has 0 aliphatic carbocycles. The van der Waals surface area contributed by atoms with Crippen LogP contribution in [0, 0.1) is 0 Å². The number of amides is 1. The van der Waals surface area contributed by atoms with Gasteiger partial charge in [-0.05, 0) is 13.3 Å². The highest BCUT2D eigenvalue weighted by atomic mass is 32.2. The van der Waals surface area contributed by atoms with Gasteiger partial charge in [-0.25, -0.2) is 4.99 Å². The van der Waals surface area contributed by atoms with Crippen molar-refractivity contribution in [3.05, 3.63) is 36.5 Å². The number of thioether (sulfide) groups is 1. The topological polar surface area (TPSA) is 139 Å². The maximum Gasteiger partial charge on any atom is 0.264 e. The Morgan fingerprint density at radius 2 is 2.48 bits per heavy atom. The zero-order valence-electron chi connectivity index (χ0n) is 15.2. The SMILES string of the molecule is C=COC1=CC(O)OC([C@@H](CCC)NC(=O)[C@]2(N)CSC(/C(C)=N/O)=N2)=C1. The quantitative estimate of drug-likeness (QED) is 0.209. The molecule has 0 spiro atoms. The lowest BCUT2D eigenvalue weighted by molar-refractivity contribution is -0.126. The van der Waals surface area contributed by atoms with Crippen molar-refractivity contribution in [2.45, 2.75) is 44.7 Å². The van der Waals surface area contributed by atoms with E-state index in [4.69, 9.17) is 20.4 Å². The monoisotopic (exact) mass is 396 g/mol. The van der Waals surface area contributed by atoms with Crippen LogP contribution in [-0.2, 0) is 14.3 Å². The standard InChI is InChI=1S/C17H24N4O5S/c1-4-6-12(13-7-11(25-5-2)8-14(22)26-13)19-16(23)17(18)9-27-15(20-17)10(3)21-24/h5,7-8,12,14,22,24H,2,4,6,9,18H2,1,3H3,(H,19,23)/b21-10+/t12-,14?,17+/m1/s1. The van der Waals surface area contributed by atoms with Crippen molar-refractivity contribution in [1.82, 2.24) is 5.32 Å². The summed E-state index contributed by atoms with van der Waals surface area (Å²) >= 11 is 1.24. The van der Waals surface area contributed by atoms with Crippen molar-refractivity contribution in [2.75, 3.05) is 5.75 Å². The first-order valence-electron chi connectivity index (χ1n) is 8.40. The van der Waals surface area contributed by atoms with E-state index in [-0.39, 0.29) is 5.75 Å². The van der Waals surface area contributed by atoms with Gasteiger partial charge in [0.15, 0.2) is 5.66 Å². The molecule has 0 saturated carbocycles. The van der Waals surface area contributed by atoms with Gasteiger partial charge < -0.3 is 25.1 Å². The normalized spacial score (nSPS) is 26.3. The third-order valence-corrected chi connectivity index (χ3v) is 5.12. The predicted molar refractivity (Wildman–Crippen MR) is 103 cm³/mol. The van der Waals surface area contributed by atoms with E-state index in [1.165, 1.54) is 24.1 Å². The fourth-order valence-electron chi connectivity index (χ4n) is 2.51. The molecule has 0 fully saturated rings. The van der Waals surface area contributed by atoms with Crippen molar-refractivity contribution >= 4 is 28.4 Å². The summed E-state index contributed by atoms with van der Waals surface area (Å²) < 4.78 is 10.6. The third-order valence-electron chi connectivity index (χ3n) is 3.88. The van der Waals surface area contributed by atoms with Crippen LogP contribution in [0.5, 0.6) is 0 Å². The van der Waals surface area contributed by atoms with Gasteiger partial charge in [-0.1, -0.05) is 25.1 Å². The number of oxime groups is 1. The molecule has 148 valence electrons. The summed E-state index contributed by atoms with van der Waals surface area (Å²) in [5.74, 6) is 0.438. The first kappa shape index (κ1) is 21.0. The molecule has 0 radical (unpaired) electrons. The zero-order chi connectivity index (χ0) is 20.0. The Balaban J connectivity index is 2.19. The molecule has 5 N–H and O–H groups in total. The molecule has 2 heterocycles. The molecular formula is C17H24N4O5S. The minimum Gasteiger partial charge on any atom is -0.466 e. The van der Waals surface area contributed by atoms with Crippen molar-refractivity contribution in [2.24, 2.45) is 15.9 Å². The van der Waals surface area contributed by atoms with Crippen LogP contribution >= 0.6 is 11.8 Å². The first-order chi connectivity index (χ1) is 12.8. The van der Waals surface area contributed by atoms with Gasteiger partial charge >= 0.3 is 0 Å². The lowest BCUT2D eigenvalue weighted by Crippen LogP contribution is -2.56. The van der Waals surface area contributed by atoms with Crippen molar-refractivity contribution in [1.29, 1.82) is 0 Å². The van der Waals surface area contributed by atoms with Crippen LogP contribution in [-0.4, -0.2) is 50.7 Å². The van der Waals surface area contributed by atoms with Gasteiger partial charge in [0, 0.05) is 17.9 Å². The average Bonchev–Trinajstić information content (AvgIpc) is 3.04. The number of allylic oxidation sites excluding steroid dienone is 1. The van der Waals surface area contributed by atoms with Crippen molar-refractivity contribution in [3.63, 3.8) is 0 Å². The van der Waals surface area contributed by atoms with Gasteiger partial charge in [0.05, 0.1) is 12.3 Å². The molecule has 0 aromatic heterocycles. The van der Waals surface area contributed by atoms with E-state index < -0.39 is 23.9 Å². The van der Waals surface area contributed by atoms with Crippen LogP contribution in [0.1, 0.15) is 26.7 Å². The molecular weight excluding hydrogens is 372 g/mol. The Bertz CT molecular complexity index is 718. The van der Waals surface area contributed by atoms with Crippen LogP contribution in [0.4, 0.5) is 0 Å². The fourth-order valence-corrected chi connectivity index (χ4v) is 3.54. The fraction of sp³-hybridized carbons (Fsp3) is 0.471. The van der Waals surface area contributed by atoms with E-state index in [0.717, 1.165) is 6.42 Å². The maximum absolute atomic E-state index is 12.8.